The molecule has 0 aliphatic carbocycles. The van der Waals surface area contributed by atoms with Crippen molar-refractivity contribution in [3.8, 4) is 0 Å². The molecule has 0 amide bonds. The van der Waals surface area contributed by atoms with E-state index in [4.69, 9.17) is 5.73 Å². The predicted octanol–water partition coefficient (Wildman–Crippen LogP) is 0.764. The molecule has 0 aromatic carbocycles. The summed E-state index contributed by atoms with van der Waals surface area (Å²) in [6.07, 6.45) is 2.82. The molecule has 1 aromatic rings. The van der Waals surface area contributed by atoms with Crippen LogP contribution >= 0.6 is 0 Å². The summed E-state index contributed by atoms with van der Waals surface area (Å²) in [7, 11) is 0. The first kappa shape index (κ1) is 7.33. The van der Waals surface area contributed by atoms with Gasteiger partial charge in [-0.25, -0.2) is 4.98 Å². The molecule has 1 aromatic heterocycles. The number of nitrogen functional groups attached to an aromatic ring is 1. The van der Waals surface area contributed by atoms with Gasteiger partial charge < -0.3 is 5.73 Å². The minimum atomic E-state index is 0.333. The van der Waals surface area contributed by atoms with Gasteiger partial charge in [-0.15, -0.1) is 10.0 Å². The molecular formula is C6H6N4O. The highest BCUT2D eigenvalue weighted by Crippen LogP contribution is 2.02. The molecule has 0 aliphatic heterocycles. The molecule has 1 heterocycles. The monoisotopic (exact) mass is 150 g/mol. The number of hydrogen-bond donors (Lipinski definition) is 1. The van der Waals surface area contributed by atoms with E-state index in [1.165, 1.54) is 6.21 Å². The van der Waals surface area contributed by atoms with Crippen molar-refractivity contribution in [2.75, 3.05) is 5.73 Å². The lowest BCUT2D eigenvalue weighted by atomic mass is 10.3. The van der Waals surface area contributed by atoms with Crippen LogP contribution in [-0.2, 0) is 0 Å². The first-order chi connectivity index (χ1) is 5.34. The van der Waals surface area contributed by atoms with Crippen LogP contribution < -0.4 is 5.73 Å². The van der Waals surface area contributed by atoms with Crippen LogP contribution in [-0.4, -0.2) is 11.2 Å². The minimum Gasteiger partial charge on any atom is -0.383 e. The number of pyridine rings is 1. The zero-order valence-corrected chi connectivity index (χ0v) is 5.64. The van der Waals surface area contributed by atoms with Gasteiger partial charge in [0, 0.05) is 11.8 Å². The van der Waals surface area contributed by atoms with Gasteiger partial charge >= 0.3 is 0 Å². The molecule has 0 spiro atoms. The van der Waals surface area contributed by atoms with Crippen LogP contribution in [0.4, 0.5) is 5.82 Å². The number of nitrogens with two attached hydrogens (primary N) is 1. The maximum atomic E-state index is 9.58. The van der Waals surface area contributed by atoms with Gasteiger partial charge in [0.1, 0.15) is 5.82 Å². The summed E-state index contributed by atoms with van der Waals surface area (Å²) in [6, 6.07) is 3.39. The Balaban J connectivity index is 2.94. The van der Waals surface area contributed by atoms with Gasteiger partial charge in [-0.1, -0.05) is 0 Å². The number of rotatable bonds is 2. The Labute approximate surface area is 62.9 Å². The van der Waals surface area contributed by atoms with Crippen LogP contribution in [0, 0.1) is 4.91 Å². The van der Waals surface area contributed by atoms with Gasteiger partial charge in [0.2, 0.25) is 0 Å². The first-order valence-electron chi connectivity index (χ1n) is 2.91. The van der Waals surface area contributed by atoms with E-state index in [-0.39, 0.29) is 0 Å². The number of hydrogen-bond acceptors (Lipinski definition) is 4. The summed E-state index contributed by atoms with van der Waals surface area (Å²) in [4.78, 5) is 13.4. The fourth-order valence-corrected chi connectivity index (χ4v) is 0.625. The normalized spacial score (nSPS) is 10.2. The second kappa shape index (κ2) is 3.40. The lowest BCUT2D eigenvalue weighted by Gasteiger charge is -1.93. The van der Waals surface area contributed by atoms with E-state index in [1.54, 1.807) is 18.3 Å². The molecule has 11 heavy (non-hydrogen) atoms. The van der Waals surface area contributed by atoms with Crippen molar-refractivity contribution in [3.05, 3.63) is 28.8 Å². The highest BCUT2D eigenvalue weighted by Gasteiger charge is 1.92. The SMILES string of the molecule is Nc1ncccc1/C=N/N=O. The lowest BCUT2D eigenvalue weighted by molar-refractivity contribution is 1.23. The average molecular weight is 150 g/mol. The van der Waals surface area contributed by atoms with Crippen LogP contribution in [0.15, 0.2) is 28.7 Å². The molecule has 0 aliphatic rings. The molecule has 5 heteroatoms. The molecule has 5 nitrogen and oxygen atoms in total. The topological polar surface area (TPSA) is 80.7 Å². The second-order valence-electron chi connectivity index (χ2n) is 1.80. The molecule has 1 rings (SSSR count). The van der Waals surface area contributed by atoms with Crippen molar-refractivity contribution in [3.63, 3.8) is 0 Å². The van der Waals surface area contributed by atoms with E-state index in [9.17, 15) is 4.91 Å². The molecule has 0 bridgehead atoms. The molecular weight excluding hydrogens is 144 g/mol. The Kier molecular flexibility index (Phi) is 2.27. The van der Waals surface area contributed by atoms with Crippen molar-refractivity contribution in [1.82, 2.24) is 4.98 Å². The number of nitroso groups, excluding NO2 is 1. The van der Waals surface area contributed by atoms with Crippen molar-refractivity contribution in [2.45, 2.75) is 0 Å². The smallest absolute Gasteiger partial charge is 0.132 e. The zero-order chi connectivity index (χ0) is 8.10. The maximum absolute atomic E-state index is 9.58. The molecule has 0 unspecified atom stereocenters. The third-order valence-corrected chi connectivity index (χ3v) is 1.12. The van der Waals surface area contributed by atoms with E-state index in [2.05, 4.69) is 15.4 Å². The fraction of sp³-hybridized carbons (Fsp3) is 0. The van der Waals surface area contributed by atoms with Gasteiger partial charge in [0.05, 0.1) is 11.5 Å². The molecule has 0 atom stereocenters. The molecule has 0 radical (unpaired) electrons. The minimum absolute atomic E-state index is 0.333. The van der Waals surface area contributed by atoms with E-state index in [0.29, 0.717) is 11.4 Å². The van der Waals surface area contributed by atoms with Crippen molar-refractivity contribution < 1.29 is 0 Å². The molecule has 0 saturated heterocycles. The summed E-state index contributed by atoms with van der Waals surface area (Å²) >= 11 is 0. The average Bonchev–Trinajstić information content (AvgIpc) is 2.03. The summed E-state index contributed by atoms with van der Waals surface area (Å²) in [5.74, 6) is 0.333. The number of anilines is 1. The van der Waals surface area contributed by atoms with E-state index >= 15 is 0 Å². The second-order valence-corrected chi connectivity index (χ2v) is 1.80. The number of nitrogens with zero attached hydrogens (tertiary/aromatic N) is 3. The highest BCUT2D eigenvalue weighted by molar-refractivity contribution is 5.85. The van der Waals surface area contributed by atoms with Crippen LogP contribution in [0.3, 0.4) is 0 Å². The third-order valence-electron chi connectivity index (χ3n) is 1.12. The first-order valence-corrected chi connectivity index (χ1v) is 2.91. The third kappa shape index (κ3) is 1.82. The largest absolute Gasteiger partial charge is 0.383 e. The Morgan fingerprint density at radius 2 is 2.45 bits per heavy atom. The zero-order valence-electron chi connectivity index (χ0n) is 5.64. The standard InChI is InChI=1S/C6H6N4O/c7-6-5(4-9-10-11)2-1-3-8-6/h1-4H,(H2,7,8)/b9-4+. The fourth-order valence-electron chi connectivity index (χ4n) is 0.625. The summed E-state index contributed by atoms with van der Waals surface area (Å²) in [6.45, 7) is 0. The van der Waals surface area contributed by atoms with Gasteiger partial charge in [-0.2, -0.15) is 0 Å². The summed E-state index contributed by atoms with van der Waals surface area (Å²) < 4.78 is 0. The van der Waals surface area contributed by atoms with Gasteiger partial charge in [0.15, 0.2) is 0 Å². The van der Waals surface area contributed by atoms with Crippen LogP contribution in [0.25, 0.3) is 0 Å². The quantitative estimate of drug-likeness (QED) is 0.384. The number of aromatic nitrogens is 1. The van der Waals surface area contributed by atoms with Gasteiger partial charge in [0.25, 0.3) is 0 Å². The Bertz CT molecular complexity index is 284. The van der Waals surface area contributed by atoms with Gasteiger partial charge in [-0.3, -0.25) is 0 Å². The summed E-state index contributed by atoms with van der Waals surface area (Å²) in [5.41, 5.74) is 6.01. The molecule has 0 fully saturated rings. The van der Waals surface area contributed by atoms with Crippen LogP contribution in [0.1, 0.15) is 5.56 Å². The Morgan fingerprint density at radius 3 is 3.09 bits per heavy atom. The predicted molar refractivity (Wildman–Crippen MR) is 42.0 cm³/mol. The maximum Gasteiger partial charge on any atom is 0.132 e. The molecule has 56 valence electrons. The molecule has 2 N–H and O–H groups in total. The van der Waals surface area contributed by atoms with Gasteiger partial charge in [-0.05, 0) is 12.1 Å². The molecule has 0 saturated carbocycles. The Morgan fingerprint density at radius 1 is 1.64 bits per heavy atom. The highest BCUT2D eigenvalue weighted by atomic mass is 16.3. The van der Waals surface area contributed by atoms with E-state index in [0.717, 1.165) is 0 Å². The van der Waals surface area contributed by atoms with Crippen LogP contribution in [0.5, 0.6) is 0 Å². The Hall–Kier alpha value is -1.78. The lowest BCUT2D eigenvalue weighted by Crippen LogP contribution is -1.94. The van der Waals surface area contributed by atoms with Crippen LogP contribution in [0.2, 0.25) is 0 Å². The van der Waals surface area contributed by atoms with Crippen molar-refractivity contribution in [1.29, 1.82) is 0 Å². The van der Waals surface area contributed by atoms with E-state index in [1.807, 2.05) is 0 Å². The van der Waals surface area contributed by atoms with E-state index < -0.39 is 0 Å². The summed E-state index contributed by atoms with van der Waals surface area (Å²) in [5, 5.41) is 5.44. The van der Waals surface area contributed by atoms with Crippen molar-refractivity contribution >= 4 is 12.0 Å². The van der Waals surface area contributed by atoms with Crippen molar-refractivity contribution in [2.24, 2.45) is 10.4 Å².